The fourth-order valence-electron chi connectivity index (χ4n) is 3.53. The number of benzene rings is 1. The molecule has 1 heterocycles. The fourth-order valence-corrected chi connectivity index (χ4v) is 3.53. The molecule has 0 spiro atoms. The lowest BCUT2D eigenvalue weighted by molar-refractivity contribution is -0.139. The first-order valence-electron chi connectivity index (χ1n) is 9.85. The van der Waals surface area contributed by atoms with Gasteiger partial charge in [0.25, 0.3) is 11.8 Å². The molecular weight excluding hydrogens is 358 g/mol. The standard InChI is InChI=1S/C21H33N3O4/c1-13(2)20(24-10-16(5)28-17(6)11-24)21(26)23-22-19(25)12-27-18-8-7-14(3)15(4)9-18/h7-9,13,16-17,20H,10-12H2,1-6H3,(H,22,25)(H,23,26). The van der Waals surface area contributed by atoms with Crippen molar-refractivity contribution in [1.82, 2.24) is 15.8 Å². The summed E-state index contributed by atoms with van der Waals surface area (Å²) >= 11 is 0. The largest absolute Gasteiger partial charge is 0.484 e. The quantitative estimate of drug-likeness (QED) is 0.725. The van der Waals surface area contributed by atoms with Gasteiger partial charge in [-0.15, -0.1) is 0 Å². The first-order chi connectivity index (χ1) is 13.2. The smallest absolute Gasteiger partial charge is 0.276 e. The van der Waals surface area contributed by atoms with Crippen LogP contribution < -0.4 is 15.6 Å². The lowest BCUT2D eigenvalue weighted by atomic mass is 10.00. The van der Waals surface area contributed by atoms with Crippen LogP contribution in [0.5, 0.6) is 5.75 Å². The van der Waals surface area contributed by atoms with Crippen LogP contribution in [0.4, 0.5) is 0 Å². The molecule has 7 heteroatoms. The van der Waals surface area contributed by atoms with E-state index in [4.69, 9.17) is 9.47 Å². The summed E-state index contributed by atoms with van der Waals surface area (Å²) in [7, 11) is 0. The van der Waals surface area contributed by atoms with Crippen molar-refractivity contribution >= 4 is 11.8 Å². The molecular formula is C21H33N3O4. The highest BCUT2D eigenvalue weighted by molar-refractivity contribution is 5.86. The van der Waals surface area contributed by atoms with E-state index in [1.165, 1.54) is 0 Å². The number of aryl methyl sites for hydroxylation is 2. The first-order valence-corrected chi connectivity index (χ1v) is 9.85. The molecule has 2 rings (SSSR count). The molecule has 3 atom stereocenters. The summed E-state index contributed by atoms with van der Waals surface area (Å²) in [5, 5.41) is 0. The summed E-state index contributed by atoms with van der Waals surface area (Å²) in [6.07, 6.45) is 0.137. The minimum atomic E-state index is -0.405. The molecule has 2 amide bonds. The molecule has 28 heavy (non-hydrogen) atoms. The van der Waals surface area contributed by atoms with E-state index in [1.807, 2.05) is 59.7 Å². The summed E-state index contributed by atoms with van der Waals surface area (Å²) in [4.78, 5) is 26.9. The Kier molecular flexibility index (Phi) is 7.83. The van der Waals surface area contributed by atoms with Crippen LogP contribution in [0.1, 0.15) is 38.8 Å². The molecule has 1 aliphatic heterocycles. The van der Waals surface area contributed by atoms with Crippen molar-refractivity contribution < 1.29 is 19.1 Å². The molecule has 1 aromatic carbocycles. The van der Waals surface area contributed by atoms with Crippen LogP contribution in [0.3, 0.4) is 0 Å². The molecule has 1 aliphatic rings. The monoisotopic (exact) mass is 391 g/mol. The van der Waals surface area contributed by atoms with Gasteiger partial charge in [0.05, 0.1) is 18.2 Å². The van der Waals surface area contributed by atoms with Gasteiger partial charge in [-0.1, -0.05) is 19.9 Å². The zero-order valence-electron chi connectivity index (χ0n) is 17.7. The van der Waals surface area contributed by atoms with Crippen molar-refractivity contribution in [3.05, 3.63) is 29.3 Å². The first kappa shape index (κ1) is 22.2. The van der Waals surface area contributed by atoms with Crippen LogP contribution in [0.15, 0.2) is 18.2 Å². The van der Waals surface area contributed by atoms with Gasteiger partial charge in [-0.05, 0) is 56.9 Å². The molecule has 0 bridgehead atoms. The van der Waals surface area contributed by atoms with Gasteiger partial charge in [0.1, 0.15) is 5.75 Å². The van der Waals surface area contributed by atoms with E-state index < -0.39 is 5.91 Å². The highest BCUT2D eigenvalue weighted by Gasteiger charge is 2.34. The van der Waals surface area contributed by atoms with Crippen molar-refractivity contribution in [3.63, 3.8) is 0 Å². The fraction of sp³-hybridized carbons (Fsp3) is 0.619. The molecule has 3 unspecified atom stereocenters. The van der Waals surface area contributed by atoms with Crippen LogP contribution in [0, 0.1) is 19.8 Å². The Balaban J connectivity index is 1.85. The third-order valence-corrected chi connectivity index (χ3v) is 4.91. The number of rotatable bonds is 6. The third-order valence-electron chi connectivity index (χ3n) is 4.91. The van der Waals surface area contributed by atoms with Gasteiger partial charge in [-0.2, -0.15) is 0 Å². The van der Waals surface area contributed by atoms with E-state index >= 15 is 0 Å². The number of carbonyl (C=O) groups excluding carboxylic acids is 2. The number of hydrazine groups is 1. The highest BCUT2D eigenvalue weighted by atomic mass is 16.5. The van der Waals surface area contributed by atoms with Crippen LogP contribution >= 0.6 is 0 Å². The lowest BCUT2D eigenvalue weighted by Crippen LogP contribution is -2.59. The second-order valence-electron chi connectivity index (χ2n) is 7.97. The van der Waals surface area contributed by atoms with Gasteiger partial charge in [0.15, 0.2) is 6.61 Å². The number of amides is 2. The number of hydrogen-bond donors (Lipinski definition) is 2. The Morgan fingerprint density at radius 1 is 1.14 bits per heavy atom. The predicted molar refractivity (Wildman–Crippen MR) is 108 cm³/mol. The zero-order valence-corrected chi connectivity index (χ0v) is 17.7. The zero-order chi connectivity index (χ0) is 20.8. The Hall–Kier alpha value is -2.12. The van der Waals surface area contributed by atoms with E-state index in [9.17, 15) is 9.59 Å². The van der Waals surface area contributed by atoms with E-state index in [0.29, 0.717) is 18.8 Å². The topological polar surface area (TPSA) is 79.9 Å². The van der Waals surface area contributed by atoms with Gasteiger partial charge < -0.3 is 9.47 Å². The van der Waals surface area contributed by atoms with E-state index in [-0.39, 0.29) is 36.7 Å². The minimum absolute atomic E-state index is 0.0683. The van der Waals surface area contributed by atoms with E-state index in [0.717, 1.165) is 11.1 Å². The maximum absolute atomic E-state index is 12.7. The molecule has 156 valence electrons. The molecule has 0 radical (unpaired) electrons. The van der Waals surface area contributed by atoms with Crippen molar-refractivity contribution in [2.75, 3.05) is 19.7 Å². The second-order valence-corrected chi connectivity index (χ2v) is 7.97. The third kappa shape index (κ3) is 6.21. The predicted octanol–water partition coefficient (Wildman–Crippen LogP) is 1.96. The Morgan fingerprint density at radius 2 is 1.79 bits per heavy atom. The molecule has 2 N–H and O–H groups in total. The molecule has 7 nitrogen and oxygen atoms in total. The minimum Gasteiger partial charge on any atom is -0.484 e. The number of morpholine rings is 1. The van der Waals surface area contributed by atoms with Gasteiger partial charge in [-0.3, -0.25) is 25.3 Å². The van der Waals surface area contributed by atoms with Gasteiger partial charge in [0.2, 0.25) is 0 Å². The molecule has 0 saturated carbocycles. The molecule has 0 aromatic heterocycles. The number of carbonyl (C=O) groups is 2. The number of ether oxygens (including phenoxy) is 2. The average molecular weight is 392 g/mol. The van der Waals surface area contributed by atoms with Gasteiger partial charge >= 0.3 is 0 Å². The van der Waals surface area contributed by atoms with Gasteiger partial charge in [0, 0.05) is 13.1 Å². The average Bonchev–Trinajstić information content (AvgIpc) is 2.60. The van der Waals surface area contributed by atoms with Crippen molar-refractivity contribution in [2.45, 2.75) is 59.8 Å². The summed E-state index contributed by atoms with van der Waals surface area (Å²) in [5.74, 6) is 0.0933. The summed E-state index contributed by atoms with van der Waals surface area (Å²) in [5.41, 5.74) is 7.26. The van der Waals surface area contributed by atoms with Crippen molar-refractivity contribution in [2.24, 2.45) is 5.92 Å². The highest BCUT2D eigenvalue weighted by Crippen LogP contribution is 2.19. The van der Waals surface area contributed by atoms with Crippen LogP contribution in [-0.4, -0.2) is 54.7 Å². The second kappa shape index (κ2) is 9.89. The van der Waals surface area contributed by atoms with Crippen molar-refractivity contribution in [3.8, 4) is 5.75 Å². The summed E-state index contributed by atoms with van der Waals surface area (Å²) in [6, 6.07) is 5.32. The van der Waals surface area contributed by atoms with Gasteiger partial charge in [-0.25, -0.2) is 0 Å². The number of nitrogens with zero attached hydrogens (tertiary/aromatic N) is 1. The van der Waals surface area contributed by atoms with Crippen molar-refractivity contribution in [1.29, 1.82) is 0 Å². The summed E-state index contributed by atoms with van der Waals surface area (Å²) < 4.78 is 11.3. The van der Waals surface area contributed by atoms with Crippen LogP contribution in [-0.2, 0) is 14.3 Å². The SMILES string of the molecule is Cc1ccc(OCC(=O)NNC(=O)C(C(C)C)N2CC(C)OC(C)C2)cc1C. The molecule has 1 fully saturated rings. The maximum Gasteiger partial charge on any atom is 0.276 e. The maximum atomic E-state index is 12.7. The molecule has 1 aromatic rings. The number of hydrogen-bond acceptors (Lipinski definition) is 5. The Labute approximate surface area is 167 Å². The van der Waals surface area contributed by atoms with Crippen LogP contribution in [0.2, 0.25) is 0 Å². The molecule has 0 aliphatic carbocycles. The molecule has 1 saturated heterocycles. The Morgan fingerprint density at radius 3 is 2.36 bits per heavy atom. The normalized spacial score (nSPS) is 21.2. The van der Waals surface area contributed by atoms with E-state index in [1.54, 1.807) is 0 Å². The van der Waals surface area contributed by atoms with E-state index in [2.05, 4.69) is 15.8 Å². The number of nitrogens with one attached hydrogen (secondary N) is 2. The Bertz CT molecular complexity index is 682. The lowest BCUT2D eigenvalue weighted by Gasteiger charge is -2.40. The van der Waals surface area contributed by atoms with Crippen LogP contribution in [0.25, 0.3) is 0 Å². The summed E-state index contributed by atoms with van der Waals surface area (Å²) in [6.45, 7) is 13.2.